The maximum Gasteiger partial charge on any atom is 0.254 e. The number of aromatic nitrogens is 4. The maximum absolute atomic E-state index is 13.3. The molecule has 1 amide bonds. The van der Waals surface area contributed by atoms with Crippen LogP contribution in [0.25, 0.3) is 5.78 Å². The molecule has 2 aromatic heterocycles. The van der Waals surface area contributed by atoms with Crippen LogP contribution in [0.5, 0.6) is 0 Å². The number of carbonyl (C=O) groups is 1. The zero-order valence-corrected chi connectivity index (χ0v) is 21.1. The molecule has 186 valence electrons. The van der Waals surface area contributed by atoms with Crippen LogP contribution in [0.15, 0.2) is 41.6 Å². The monoisotopic (exact) mass is 497 g/mol. The highest BCUT2D eigenvalue weighted by Crippen LogP contribution is 2.27. The van der Waals surface area contributed by atoms with Crippen molar-refractivity contribution in [2.45, 2.75) is 32.1 Å². The summed E-state index contributed by atoms with van der Waals surface area (Å²) in [6.07, 6.45) is 2.51. The van der Waals surface area contributed by atoms with E-state index in [0.29, 0.717) is 62.4 Å². The van der Waals surface area contributed by atoms with E-state index in [1.165, 1.54) is 12.4 Å². The molecule has 10 nitrogen and oxygen atoms in total. The van der Waals surface area contributed by atoms with Gasteiger partial charge < -0.3 is 9.80 Å². The molecule has 2 saturated heterocycles. The zero-order chi connectivity index (χ0) is 24.7. The lowest BCUT2D eigenvalue weighted by Gasteiger charge is -2.36. The zero-order valence-electron chi connectivity index (χ0n) is 20.3. The van der Waals surface area contributed by atoms with Gasteiger partial charge in [-0.25, -0.2) is 13.4 Å². The van der Waals surface area contributed by atoms with Crippen molar-refractivity contribution in [1.29, 1.82) is 0 Å². The molecule has 0 N–H and O–H groups in total. The second-order valence-corrected chi connectivity index (χ2v) is 11.7. The molecule has 2 aliphatic rings. The van der Waals surface area contributed by atoms with E-state index in [4.69, 9.17) is 0 Å². The third-order valence-corrected chi connectivity index (χ3v) is 8.63. The number of piperidine rings is 1. The van der Waals surface area contributed by atoms with Crippen molar-refractivity contribution in [3.63, 3.8) is 0 Å². The van der Waals surface area contributed by atoms with Gasteiger partial charge in [-0.05, 0) is 43.4 Å². The molecular weight excluding hydrogens is 466 g/mol. The Balaban J connectivity index is 1.30. The molecule has 0 aliphatic carbocycles. The summed E-state index contributed by atoms with van der Waals surface area (Å²) >= 11 is 0. The largest absolute Gasteiger partial charge is 0.353 e. The third kappa shape index (κ3) is 4.62. The van der Waals surface area contributed by atoms with Crippen LogP contribution in [-0.2, 0) is 10.0 Å². The standard InChI is InChI=1S/C24H31N7O3S/c1-17-11-18(2)15-30(14-17)35(33,34)21-6-4-5-20(13-21)23(32)29-9-7-28(8-10-29)22-12-19(3)27-24-25-16-26-31(22)24/h4-6,12-13,16-18H,7-11,14-15H2,1-3H3. The summed E-state index contributed by atoms with van der Waals surface area (Å²) in [5.74, 6) is 1.93. The minimum Gasteiger partial charge on any atom is -0.353 e. The van der Waals surface area contributed by atoms with Crippen molar-refractivity contribution in [2.24, 2.45) is 11.8 Å². The molecule has 0 bridgehead atoms. The summed E-state index contributed by atoms with van der Waals surface area (Å²) < 4.78 is 29.9. The van der Waals surface area contributed by atoms with Crippen LogP contribution < -0.4 is 4.90 Å². The van der Waals surface area contributed by atoms with Gasteiger partial charge in [0.25, 0.3) is 11.7 Å². The molecule has 2 unspecified atom stereocenters. The number of nitrogens with zero attached hydrogens (tertiary/aromatic N) is 7. The Hall–Kier alpha value is -3.05. The second-order valence-electron chi connectivity index (χ2n) is 9.80. The summed E-state index contributed by atoms with van der Waals surface area (Å²) in [6, 6.07) is 8.44. The lowest BCUT2D eigenvalue weighted by Crippen LogP contribution is -2.49. The lowest BCUT2D eigenvalue weighted by atomic mass is 9.94. The molecule has 2 atom stereocenters. The van der Waals surface area contributed by atoms with E-state index in [9.17, 15) is 13.2 Å². The van der Waals surface area contributed by atoms with Gasteiger partial charge in [0.05, 0.1) is 4.90 Å². The Morgan fingerprint density at radius 3 is 2.46 bits per heavy atom. The third-order valence-electron chi connectivity index (χ3n) is 6.81. The second kappa shape index (κ2) is 9.19. The molecule has 2 fully saturated rings. The van der Waals surface area contributed by atoms with Gasteiger partial charge in [-0.2, -0.15) is 18.9 Å². The molecule has 1 aromatic carbocycles. The van der Waals surface area contributed by atoms with Crippen molar-refractivity contribution < 1.29 is 13.2 Å². The number of amides is 1. The predicted octanol–water partition coefficient (Wildman–Crippen LogP) is 2.06. The Morgan fingerprint density at radius 2 is 1.74 bits per heavy atom. The van der Waals surface area contributed by atoms with Gasteiger partial charge in [-0.1, -0.05) is 19.9 Å². The Bertz CT molecular complexity index is 1340. The number of rotatable bonds is 4. The van der Waals surface area contributed by atoms with Gasteiger partial charge in [-0.15, -0.1) is 0 Å². The molecule has 11 heteroatoms. The van der Waals surface area contributed by atoms with E-state index >= 15 is 0 Å². The van der Waals surface area contributed by atoms with Gasteiger partial charge in [-0.3, -0.25) is 4.79 Å². The number of hydrogen-bond acceptors (Lipinski definition) is 7. The van der Waals surface area contributed by atoms with Gasteiger partial charge in [0.2, 0.25) is 10.0 Å². The van der Waals surface area contributed by atoms with E-state index in [1.807, 2.05) is 13.0 Å². The molecule has 2 aliphatic heterocycles. The van der Waals surface area contributed by atoms with E-state index in [-0.39, 0.29) is 10.8 Å². The minimum atomic E-state index is -3.65. The molecule has 0 spiro atoms. The Morgan fingerprint density at radius 1 is 1.03 bits per heavy atom. The number of hydrogen-bond donors (Lipinski definition) is 0. The van der Waals surface area contributed by atoms with Crippen molar-refractivity contribution in [1.82, 2.24) is 28.8 Å². The summed E-state index contributed by atoms with van der Waals surface area (Å²) in [5, 5.41) is 4.28. The van der Waals surface area contributed by atoms with Crippen LogP contribution in [0.2, 0.25) is 0 Å². The maximum atomic E-state index is 13.3. The first-order chi connectivity index (χ1) is 16.7. The van der Waals surface area contributed by atoms with E-state index in [0.717, 1.165) is 17.9 Å². The normalized spacial score (nSPS) is 22.0. The lowest BCUT2D eigenvalue weighted by molar-refractivity contribution is 0.0746. The fourth-order valence-corrected chi connectivity index (χ4v) is 6.92. The highest BCUT2D eigenvalue weighted by molar-refractivity contribution is 7.89. The molecular formula is C24H31N7O3S. The first-order valence-corrected chi connectivity index (χ1v) is 13.5. The van der Waals surface area contributed by atoms with Crippen LogP contribution >= 0.6 is 0 Å². The van der Waals surface area contributed by atoms with Crippen molar-refractivity contribution in [3.8, 4) is 0 Å². The summed E-state index contributed by atoms with van der Waals surface area (Å²) in [6.45, 7) is 9.42. The topological polar surface area (TPSA) is 104 Å². The molecule has 4 heterocycles. The predicted molar refractivity (Wildman–Crippen MR) is 132 cm³/mol. The minimum absolute atomic E-state index is 0.154. The molecule has 5 rings (SSSR count). The first kappa shape index (κ1) is 23.7. The van der Waals surface area contributed by atoms with Crippen molar-refractivity contribution in [2.75, 3.05) is 44.2 Å². The van der Waals surface area contributed by atoms with Gasteiger partial charge in [0, 0.05) is 56.6 Å². The SMILES string of the molecule is Cc1cc(N2CCN(C(=O)c3cccc(S(=O)(=O)N4CC(C)CC(C)C4)c3)CC2)n2ncnc2n1. The Kier molecular flexibility index (Phi) is 6.22. The van der Waals surface area contributed by atoms with Gasteiger partial charge in [0.1, 0.15) is 12.1 Å². The quantitative estimate of drug-likeness (QED) is 0.543. The van der Waals surface area contributed by atoms with Crippen molar-refractivity contribution >= 4 is 27.5 Å². The van der Waals surface area contributed by atoms with Crippen LogP contribution in [0.3, 0.4) is 0 Å². The number of carbonyl (C=O) groups excluding carboxylic acids is 1. The van der Waals surface area contributed by atoms with Gasteiger partial charge >= 0.3 is 0 Å². The number of sulfonamides is 1. The molecule has 0 radical (unpaired) electrons. The fraction of sp³-hybridized carbons (Fsp3) is 0.500. The summed E-state index contributed by atoms with van der Waals surface area (Å²) in [5.41, 5.74) is 1.26. The van der Waals surface area contributed by atoms with E-state index < -0.39 is 10.0 Å². The highest BCUT2D eigenvalue weighted by atomic mass is 32.2. The molecule has 3 aromatic rings. The van der Waals surface area contributed by atoms with E-state index in [2.05, 4.69) is 33.8 Å². The summed E-state index contributed by atoms with van der Waals surface area (Å²) in [7, 11) is -3.65. The average molecular weight is 498 g/mol. The van der Waals surface area contributed by atoms with Crippen molar-refractivity contribution in [3.05, 3.63) is 47.9 Å². The number of piperazine rings is 1. The number of benzene rings is 1. The van der Waals surface area contributed by atoms with Crippen LogP contribution in [0.4, 0.5) is 5.82 Å². The first-order valence-electron chi connectivity index (χ1n) is 12.0. The molecule has 35 heavy (non-hydrogen) atoms. The average Bonchev–Trinajstić information content (AvgIpc) is 3.31. The summed E-state index contributed by atoms with van der Waals surface area (Å²) in [4.78, 5) is 26.0. The fourth-order valence-electron chi connectivity index (χ4n) is 5.20. The smallest absolute Gasteiger partial charge is 0.254 e. The Labute approximate surface area is 205 Å². The number of fused-ring (bicyclic) bond motifs is 1. The highest BCUT2D eigenvalue weighted by Gasteiger charge is 2.32. The van der Waals surface area contributed by atoms with E-state index in [1.54, 1.807) is 31.9 Å². The van der Waals surface area contributed by atoms with Gasteiger partial charge in [0.15, 0.2) is 0 Å². The number of aryl methyl sites for hydroxylation is 1. The van der Waals surface area contributed by atoms with Crippen LogP contribution in [-0.4, -0.2) is 82.4 Å². The van der Waals surface area contributed by atoms with Crippen LogP contribution in [0.1, 0.15) is 36.3 Å². The molecule has 0 saturated carbocycles. The number of anilines is 1. The van der Waals surface area contributed by atoms with Crippen LogP contribution in [0, 0.1) is 18.8 Å².